The lowest BCUT2D eigenvalue weighted by Gasteiger charge is -2.37. The maximum Gasteiger partial charge on any atom is 0.223 e. The molecule has 1 N–H and O–H groups in total. The summed E-state index contributed by atoms with van der Waals surface area (Å²) in [6.45, 7) is 7.32. The normalized spacial score (nSPS) is 16.8. The van der Waals surface area contributed by atoms with Crippen LogP contribution >= 0.6 is 22.7 Å². The van der Waals surface area contributed by atoms with E-state index in [1.807, 2.05) is 11.7 Å². The Balaban J connectivity index is 1.39. The van der Waals surface area contributed by atoms with Crippen molar-refractivity contribution < 1.29 is 4.79 Å². The van der Waals surface area contributed by atoms with Gasteiger partial charge in [0.1, 0.15) is 10.3 Å². The highest BCUT2D eigenvalue weighted by atomic mass is 32.1. The van der Waals surface area contributed by atoms with Crippen LogP contribution in [0.4, 0.5) is 10.3 Å². The zero-order chi connectivity index (χ0) is 18.1. The third kappa shape index (κ3) is 3.53. The Labute approximate surface area is 158 Å². The summed E-state index contributed by atoms with van der Waals surface area (Å²) in [6.07, 6.45) is 1.96. The number of thiazole rings is 1. The molecule has 0 radical (unpaired) electrons. The second-order valence-electron chi connectivity index (χ2n) is 6.22. The highest BCUT2D eigenvalue weighted by Crippen LogP contribution is 2.28. The summed E-state index contributed by atoms with van der Waals surface area (Å²) in [7, 11) is 0. The monoisotopic (exact) mass is 389 g/mol. The number of hydrogen-bond donors (Lipinski definition) is 1. The Hall–Kier alpha value is -2.17. The van der Waals surface area contributed by atoms with E-state index in [-0.39, 0.29) is 5.91 Å². The molecule has 1 atom stereocenters. The van der Waals surface area contributed by atoms with Crippen LogP contribution in [-0.4, -0.2) is 57.2 Å². The van der Waals surface area contributed by atoms with Gasteiger partial charge in [0.05, 0.1) is 5.51 Å². The Kier molecular flexibility index (Phi) is 4.79. The van der Waals surface area contributed by atoms with Crippen LogP contribution in [-0.2, 0) is 4.79 Å². The molecule has 4 heterocycles. The molecular weight excluding hydrogens is 370 g/mol. The molecule has 10 heteroatoms. The van der Waals surface area contributed by atoms with Gasteiger partial charge in [-0.15, -0.1) is 21.5 Å². The fourth-order valence-electron chi connectivity index (χ4n) is 3.06. The summed E-state index contributed by atoms with van der Waals surface area (Å²) in [5.74, 6) is -0.128. The average Bonchev–Trinajstić information content (AvgIpc) is 3.29. The zero-order valence-corrected chi connectivity index (χ0v) is 16.2. The van der Waals surface area contributed by atoms with Gasteiger partial charge >= 0.3 is 0 Å². The van der Waals surface area contributed by atoms with E-state index in [0.717, 1.165) is 41.7 Å². The topological polar surface area (TPSA) is 87.1 Å². The van der Waals surface area contributed by atoms with E-state index >= 15 is 0 Å². The molecule has 8 nitrogen and oxygen atoms in total. The number of carbonyl (C=O) groups is 1. The van der Waals surface area contributed by atoms with Crippen LogP contribution in [0, 0.1) is 0 Å². The Morgan fingerprint density at radius 2 is 2.04 bits per heavy atom. The highest BCUT2D eigenvalue weighted by Gasteiger charge is 2.24. The summed E-state index contributed by atoms with van der Waals surface area (Å²) in [5.41, 5.74) is 4.00. The van der Waals surface area contributed by atoms with Gasteiger partial charge in [0.15, 0.2) is 0 Å². The number of aromatic nitrogens is 4. The minimum absolute atomic E-state index is 0.128. The van der Waals surface area contributed by atoms with E-state index in [1.54, 1.807) is 11.3 Å². The van der Waals surface area contributed by atoms with Crippen LogP contribution in [0.15, 0.2) is 17.8 Å². The maximum atomic E-state index is 11.1. The lowest BCUT2D eigenvalue weighted by molar-refractivity contribution is -0.114. The summed E-state index contributed by atoms with van der Waals surface area (Å²) >= 11 is 2.98. The van der Waals surface area contributed by atoms with Crippen molar-refractivity contribution in [1.29, 1.82) is 0 Å². The maximum absolute atomic E-state index is 11.1. The minimum atomic E-state index is -0.128. The Morgan fingerprint density at radius 3 is 2.81 bits per heavy atom. The number of anilines is 2. The first-order valence-electron chi connectivity index (χ1n) is 8.39. The van der Waals surface area contributed by atoms with Gasteiger partial charge in [-0.3, -0.25) is 9.69 Å². The second-order valence-corrected chi connectivity index (χ2v) is 8.00. The van der Waals surface area contributed by atoms with Crippen molar-refractivity contribution in [3.8, 4) is 0 Å². The number of carbonyl (C=O) groups excluding carboxylic acids is 1. The van der Waals surface area contributed by atoms with E-state index < -0.39 is 0 Å². The van der Waals surface area contributed by atoms with Crippen LogP contribution in [0.3, 0.4) is 0 Å². The summed E-state index contributed by atoms with van der Waals surface area (Å²) < 4.78 is 0. The van der Waals surface area contributed by atoms with Crippen molar-refractivity contribution in [1.82, 2.24) is 25.1 Å². The van der Waals surface area contributed by atoms with E-state index in [2.05, 4.69) is 48.3 Å². The molecular formula is C16H19N7OS2. The molecule has 3 aromatic rings. The summed E-state index contributed by atoms with van der Waals surface area (Å²) in [4.78, 5) is 25.6. The van der Waals surface area contributed by atoms with Gasteiger partial charge in [-0.1, -0.05) is 11.3 Å². The smallest absolute Gasteiger partial charge is 0.223 e. The molecule has 0 bridgehead atoms. The quantitative estimate of drug-likeness (QED) is 0.733. The summed E-state index contributed by atoms with van der Waals surface area (Å²) in [6, 6.07) is 2.43. The number of hydrogen-bond acceptors (Lipinski definition) is 9. The molecule has 1 fully saturated rings. The number of nitrogens with one attached hydrogen (secondary N) is 1. The largest absolute Gasteiger partial charge is 0.344 e. The predicted octanol–water partition coefficient (Wildman–Crippen LogP) is 2.38. The van der Waals surface area contributed by atoms with Gasteiger partial charge in [0, 0.05) is 45.3 Å². The lowest BCUT2D eigenvalue weighted by Crippen LogP contribution is -2.47. The van der Waals surface area contributed by atoms with Crippen molar-refractivity contribution in [3.05, 3.63) is 23.3 Å². The third-order valence-corrected chi connectivity index (χ3v) is 6.17. The fraction of sp³-hybridized carbons (Fsp3) is 0.438. The van der Waals surface area contributed by atoms with Crippen LogP contribution in [0.1, 0.15) is 25.5 Å². The van der Waals surface area contributed by atoms with E-state index in [9.17, 15) is 4.79 Å². The summed E-state index contributed by atoms with van der Waals surface area (Å²) in [5, 5.41) is 12.3. The molecule has 26 heavy (non-hydrogen) atoms. The Bertz CT molecular complexity index is 916. The van der Waals surface area contributed by atoms with Crippen molar-refractivity contribution in [2.75, 3.05) is 36.4 Å². The molecule has 0 spiro atoms. The van der Waals surface area contributed by atoms with Gasteiger partial charge in [-0.2, -0.15) is 0 Å². The van der Waals surface area contributed by atoms with E-state index in [4.69, 9.17) is 0 Å². The van der Waals surface area contributed by atoms with Crippen molar-refractivity contribution in [2.45, 2.75) is 19.9 Å². The first-order valence-corrected chi connectivity index (χ1v) is 10.1. The van der Waals surface area contributed by atoms with Crippen LogP contribution < -0.4 is 10.2 Å². The Morgan fingerprint density at radius 1 is 1.23 bits per heavy atom. The lowest BCUT2D eigenvalue weighted by atomic mass is 10.1. The standard InChI is InChI=1S/C16H19N7OS2/c1-10(12-7-13-14(17-8-12)25-9-18-13)22-3-5-23(6-4-22)16-21-20-15(26-16)19-11(2)24/h7-10H,3-6H2,1-2H3,(H,19,20,24)/t10-/m0/s1. The van der Waals surface area contributed by atoms with Crippen LogP contribution in [0.25, 0.3) is 10.3 Å². The van der Waals surface area contributed by atoms with E-state index in [1.165, 1.54) is 23.8 Å². The number of nitrogens with zero attached hydrogens (tertiary/aromatic N) is 6. The third-order valence-electron chi connectivity index (χ3n) is 4.52. The first kappa shape index (κ1) is 17.3. The van der Waals surface area contributed by atoms with E-state index in [0.29, 0.717) is 11.2 Å². The van der Waals surface area contributed by atoms with Crippen molar-refractivity contribution >= 4 is 49.2 Å². The molecule has 0 unspecified atom stereocenters. The number of piperazine rings is 1. The van der Waals surface area contributed by atoms with Gasteiger partial charge in [0.25, 0.3) is 0 Å². The molecule has 1 amide bonds. The molecule has 1 aliphatic heterocycles. The second kappa shape index (κ2) is 7.22. The molecule has 1 saturated heterocycles. The molecule has 136 valence electrons. The SMILES string of the molecule is CC(=O)Nc1nnc(N2CCN([C@@H](C)c3cnc4scnc4c3)CC2)s1. The number of fused-ring (bicyclic) bond motifs is 1. The predicted molar refractivity (Wildman–Crippen MR) is 104 cm³/mol. The van der Waals surface area contributed by atoms with Gasteiger partial charge in [-0.25, -0.2) is 9.97 Å². The number of pyridine rings is 1. The molecule has 3 aromatic heterocycles. The fourth-order valence-corrected chi connectivity index (χ4v) is 4.51. The molecule has 0 aromatic carbocycles. The first-order chi connectivity index (χ1) is 12.6. The molecule has 0 aliphatic carbocycles. The average molecular weight is 390 g/mol. The molecule has 0 saturated carbocycles. The zero-order valence-electron chi connectivity index (χ0n) is 14.5. The number of rotatable bonds is 4. The van der Waals surface area contributed by atoms with Gasteiger partial charge in [-0.05, 0) is 18.6 Å². The highest BCUT2D eigenvalue weighted by molar-refractivity contribution is 7.19. The van der Waals surface area contributed by atoms with Gasteiger partial charge < -0.3 is 10.2 Å². The minimum Gasteiger partial charge on any atom is -0.344 e. The van der Waals surface area contributed by atoms with Crippen molar-refractivity contribution in [3.63, 3.8) is 0 Å². The van der Waals surface area contributed by atoms with Gasteiger partial charge in [0.2, 0.25) is 16.2 Å². The molecule has 4 rings (SSSR count). The van der Waals surface area contributed by atoms with Crippen LogP contribution in [0.2, 0.25) is 0 Å². The molecule has 1 aliphatic rings. The van der Waals surface area contributed by atoms with Crippen molar-refractivity contribution in [2.24, 2.45) is 0 Å². The van der Waals surface area contributed by atoms with Crippen LogP contribution in [0.5, 0.6) is 0 Å². The number of amides is 1.